The molecule has 0 unspecified atom stereocenters. The summed E-state index contributed by atoms with van der Waals surface area (Å²) in [5, 5.41) is 2.97. The number of hydrogen-bond acceptors (Lipinski definition) is 3. The maximum Gasteiger partial charge on any atom is 0.171 e. The van der Waals surface area contributed by atoms with Crippen molar-refractivity contribution in [3.8, 4) is 10.7 Å². The van der Waals surface area contributed by atoms with E-state index in [4.69, 9.17) is 11.6 Å². The molecule has 0 saturated carbocycles. The Labute approximate surface area is 112 Å². The van der Waals surface area contributed by atoms with Crippen LogP contribution in [0.4, 0.5) is 4.39 Å². The Morgan fingerprint density at radius 2 is 2.11 bits per heavy atom. The smallest absolute Gasteiger partial charge is 0.171 e. The molecule has 2 aromatic heterocycles. The molecule has 0 aliphatic carbocycles. The van der Waals surface area contributed by atoms with Gasteiger partial charge in [0, 0.05) is 11.5 Å². The van der Waals surface area contributed by atoms with Crippen LogP contribution >= 0.6 is 22.9 Å². The standard InChI is InChI=1S/C13H8ClFN2S/c1-7-5-8-10(6-9(7)15)16-13(17-12(8)14)11-3-2-4-18-11/h2-6H,1H3. The summed E-state index contributed by atoms with van der Waals surface area (Å²) in [6, 6.07) is 6.89. The molecule has 1 aromatic carbocycles. The van der Waals surface area contributed by atoms with E-state index in [9.17, 15) is 4.39 Å². The second-order valence-corrected chi connectivity index (χ2v) is 5.24. The molecule has 0 aliphatic heterocycles. The first-order valence-electron chi connectivity index (χ1n) is 5.32. The van der Waals surface area contributed by atoms with Crippen molar-refractivity contribution < 1.29 is 4.39 Å². The molecule has 0 saturated heterocycles. The van der Waals surface area contributed by atoms with Gasteiger partial charge in [0.25, 0.3) is 0 Å². The molecule has 0 spiro atoms. The fraction of sp³-hybridized carbons (Fsp3) is 0.0769. The first-order valence-corrected chi connectivity index (χ1v) is 6.58. The lowest BCUT2D eigenvalue weighted by Gasteiger charge is -2.04. The molecular weight excluding hydrogens is 271 g/mol. The van der Waals surface area contributed by atoms with Crippen LogP contribution in [0.2, 0.25) is 5.15 Å². The summed E-state index contributed by atoms with van der Waals surface area (Å²) in [7, 11) is 0. The molecule has 18 heavy (non-hydrogen) atoms. The average molecular weight is 279 g/mol. The Hall–Kier alpha value is -1.52. The number of thiophene rings is 1. The van der Waals surface area contributed by atoms with E-state index in [1.54, 1.807) is 13.0 Å². The quantitative estimate of drug-likeness (QED) is 0.614. The fourth-order valence-corrected chi connectivity index (χ4v) is 2.63. The van der Waals surface area contributed by atoms with Gasteiger partial charge in [-0.1, -0.05) is 17.7 Å². The summed E-state index contributed by atoms with van der Waals surface area (Å²) >= 11 is 7.66. The molecule has 0 N–H and O–H groups in total. The van der Waals surface area contributed by atoms with Crippen LogP contribution in [0, 0.1) is 12.7 Å². The highest BCUT2D eigenvalue weighted by Crippen LogP contribution is 2.28. The molecule has 0 fully saturated rings. The van der Waals surface area contributed by atoms with E-state index in [1.165, 1.54) is 17.4 Å². The third-order valence-electron chi connectivity index (χ3n) is 2.67. The van der Waals surface area contributed by atoms with Crippen LogP contribution in [0.25, 0.3) is 21.6 Å². The molecule has 0 atom stereocenters. The molecule has 3 aromatic rings. The molecule has 5 heteroatoms. The highest BCUT2D eigenvalue weighted by molar-refractivity contribution is 7.13. The number of aryl methyl sites for hydroxylation is 1. The molecule has 0 radical (unpaired) electrons. The molecule has 3 rings (SSSR count). The van der Waals surface area contributed by atoms with Gasteiger partial charge in [0.15, 0.2) is 5.82 Å². The maximum absolute atomic E-state index is 13.6. The molecule has 2 nitrogen and oxygen atoms in total. The van der Waals surface area contributed by atoms with Crippen LogP contribution in [-0.4, -0.2) is 9.97 Å². The number of hydrogen-bond donors (Lipinski definition) is 0. The number of fused-ring (bicyclic) bond motifs is 1. The van der Waals surface area contributed by atoms with Crippen LogP contribution in [0.15, 0.2) is 29.6 Å². The summed E-state index contributed by atoms with van der Waals surface area (Å²) in [6.45, 7) is 1.69. The molecule has 2 heterocycles. The van der Waals surface area contributed by atoms with Gasteiger partial charge >= 0.3 is 0 Å². The van der Waals surface area contributed by atoms with Gasteiger partial charge in [-0.25, -0.2) is 14.4 Å². The molecular formula is C13H8ClFN2S. The van der Waals surface area contributed by atoms with Gasteiger partial charge in [0.2, 0.25) is 0 Å². The number of benzene rings is 1. The van der Waals surface area contributed by atoms with Crippen molar-refractivity contribution in [2.45, 2.75) is 6.92 Å². The topological polar surface area (TPSA) is 25.8 Å². The van der Waals surface area contributed by atoms with E-state index < -0.39 is 0 Å². The van der Waals surface area contributed by atoms with Crippen molar-refractivity contribution in [3.05, 3.63) is 46.2 Å². The van der Waals surface area contributed by atoms with Gasteiger partial charge in [-0.3, -0.25) is 0 Å². The summed E-state index contributed by atoms with van der Waals surface area (Å²) in [4.78, 5) is 9.53. The Bertz CT molecular complexity index is 725. The number of aromatic nitrogens is 2. The fourth-order valence-electron chi connectivity index (χ4n) is 1.74. The van der Waals surface area contributed by atoms with E-state index in [1.807, 2.05) is 17.5 Å². The third-order valence-corrected chi connectivity index (χ3v) is 3.83. The van der Waals surface area contributed by atoms with Crippen molar-refractivity contribution in [1.82, 2.24) is 9.97 Å². The number of nitrogens with zero attached hydrogens (tertiary/aromatic N) is 2. The second kappa shape index (κ2) is 4.30. The molecule has 0 aliphatic rings. The van der Waals surface area contributed by atoms with Gasteiger partial charge in [0.1, 0.15) is 11.0 Å². The van der Waals surface area contributed by atoms with Crippen LogP contribution in [0.3, 0.4) is 0 Å². The lowest BCUT2D eigenvalue weighted by atomic mass is 10.1. The van der Waals surface area contributed by atoms with Crippen molar-refractivity contribution in [1.29, 1.82) is 0 Å². The minimum Gasteiger partial charge on any atom is -0.227 e. The summed E-state index contributed by atoms with van der Waals surface area (Å²) in [5.41, 5.74) is 1.07. The molecule has 90 valence electrons. The van der Waals surface area contributed by atoms with Gasteiger partial charge in [-0.2, -0.15) is 0 Å². The zero-order valence-electron chi connectivity index (χ0n) is 9.45. The van der Waals surface area contributed by atoms with Gasteiger partial charge < -0.3 is 0 Å². The monoisotopic (exact) mass is 278 g/mol. The minimum atomic E-state index is -0.283. The largest absolute Gasteiger partial charge is 0.227 e. The predicted octanol–water partition coefficient (Wildman–Crippen LogP) is 4.46. The van der Waals surface area contributed by atoms with Gasteiger partial charge in [0.05, 0.1) is 10.4 Å². The minimum absolute atomic E-state index is 0.283. The third kappa shape index (κ3) is 1.87. The highest BCUT2D eigenvalue weighted by Gasteiger charge is 2.10. The number of halogens is 2. The van der Waals surface area contributed by atoms with Gasteiger partial charge in [-0.05, 0) is 30.0 Å². The van der Waals surface area contributed by atoms with Crippen LogP contribution in [0.5, 0.6) is 0 Å². The average Bonchev–Trinajstić information content (AvgIpc) is 2.85. The molecule has 0 amide bonds. The summed E-state index contributed by atoms with van der Waals surface area (Å²) < 4.78 is 13.6. The lowest BCUT2D eigenvalue weighted by molar-refractivity contribution is 0.620. The normalized spacial score (nSPS) is 11.1. The van der Waals surface area contributed by atoms with E-state index in [-0.39, 0.29) is 5.82 Å². The van der Waals surface area contributed by atoms with Crippen LogP contribution < -0.4 is 0 Å². The van der Waals surface area contributed by atoms with Crippen molar-refractivity contribution in [2.24, 2.45) is 0 Å². The van der Waals surface area contributed by atoms with Crippen molar-refractivity contribution >= 4 is 33.8 Å². The second-order valence-electron chi connectivity index (χ2n) is 3.93. The van der Waals surface area contributed by atoms with Crippen molar-refractivity contribution in [3.63, 3.8) is 0 Å². The maximum atomic E-state index is 13.6. The van der Waals surface area contributed by atoms with E-state index in [0.717, 1.165) is 4.88 Å². The SMILES string of the molecule is Cc1cc2c(Cl)nc(-c3cccs3)nc2cc1F. The summed E-state index contributed by atoms with van der Waals surface area (Å²) in [5.74, 6) is 0.250. The highest BCUT2D eigenvalue weighted by atomic mass is 35.5. The first kappa shape index (κ1) is 11.6. The molecule has 0 bridgehead atoms. The zero-order valence-corrected chi connectivity index (χ0v) is 11.0. The first-order chi connectivity index (χ1) is 8.65. The van der Waals surface area contributed by atoms with E-state index in [0.29, 0.717) is 27.4 Å². The Balaban J connectivity index is 2.30. The lowest BCUT2D eigenvalue weighted by Crippen LogP contribution is -1.92. The number of rotatable bonds is 1. The zero-order chi connectivity index (χ0) is 12.7. The summed E-state index contributed by atoms with van der Waals surface area (Å²) in [6.07, 6.45) is 0. The van der Waals surface area contributed by atoms with Crippen molar-refractivity contribution in [2.75, 3.05) is 0 Å². The predicted molar refractivity (Wildman–Crippen MR) is 72.6 cm³/mol. The van der Waals surface area contributed by atoms with E-state index in [2.05, 4.69) is 9.97 Å². The Kier molecular flexibility index (Phi) is 2.76. The Morgan fingerprint density at radius 1 is 1.28 bits per heavy atom. The van der Waals surface area contributed by atoms with E-state index >= 15 is 0 Å². The van der Waals surface area contributed by atoms with Crippen LogP contribution in [0.1, 0.15) is 5.56 Å². The van der Waals surface area contributed by atoms with Gasteiger partial charge in [-0.15, -0.1) is 11.3 Å². The Morgan fingerprint density at radius 3 is 2.83 bits per heavy atom. The van der Waals surface area contributed by atoms with Crippen LogP contribution in [-0.2, 0) is 0 Å².